The Morgan fingerprint density at radius 2 is 1.60 bits per heavy atom. The van der Waals surface area contributed by atoms with E-state index in [0.29, 0.717) is 60.1 Å². The van der Waals surface area contributed by atoms with E-state index in [1.54, 1.807) is 54.6 Å². The van der Waals surface area contributed by atoms with E-state index in [1.165, 1.54) is 0 Å². The summed E-state index contributed by atoms with van der Waals surface area (Å²) >= 11 is 0. The molecule has 0 radical (unpaired) electrons. The van der Waals surface area contributed by atoms with E-state index in [4.69, 9.17) is 15.4 Å². The summed E-state index contributed by atoms with van der Waals surface area (Å²) in [5.74, 6) is 4.51. The number of hydrogen-bond acceptors (Lipinski definition) is 8. The third-order valence-corrected chi connectivity index (χ3v) is 6.96. The van der Waals surface area contributed by atoms with Crippen molar-refractivity contribution in [2.45, 2.75) is 25.4 Å². The van der Waals surface area contributed by atoms with Crippen molar-refractivity contribution >= 4 is 35.0 Å². The number of amides is 4. The van der Waals surface area contributed by atoms with Crippen LogP contribution in [0, 0.1) is 0 Å². The quantitative estimate of drug-likeness (QED) is 0.175. The lowest BCUT2D eigenvalue weighted by Crippen LogP contribution is -2.33. The molecule has 4 amide bonds. The minimum atomic E-state index is -0.293. The number of nitrogens with zero attached hydrogens (tertiary/aromatic N) is 1. The molecule has 0 bridgehead atoms. The van der Waals surface area contributed by atoms with Crippen LogP contribution < -0.4 is 26.6 Å². The summed E-state index contributed by atoms with van der Waals surface area (Å²) in [6.45, 7) is 1.62. The molecule has 0 unspecified atom stereocenters. The summed E-state index contributed by atoms with van der Waals surface area (Å²) in [5, 5.41) is 8.32. The Morgan fingerprint density at radius 3 is 2.33 bits per heavy atom. The molecule has 1 fully saturated rings. The van der Waals surface area contributed by atoms with Gasteiger partial charge in [-0.25, -0.2) is 5.90 Å². The zero-order valence-electron chi connectivity index (χ0n) is 23.5. The van der Waals surface area contributed by atoms with Crippen molar-refractivity contribution in [1.29, 1.82) is 0 Å². The van der Waals surface area contributed by atoms with Crippen LogP contribution in [0.5, 0.6) is 5.75 Å². The molecule has 1 saturated carbocycles. The topological polar surface area (TPSA) is 161 Å². The fourth-order valence-electron chi connectivity index (χ4n) is 4.54. The molecule has 43 heavy (non-hydrogen) atoms. The molecule has 12 heteroatoms. The Balaban J connectivity index is 1.14. The van der Waals surface area contributed by atoms with E-state index in [1.807, 2.05) is 17.0 Å². The molecule has 0 aromatic heterocycles. The van der Waals surface area contributed by atoms with Crippen LogP contribution >= 0.6 is 0 Å². The van der Waals surface area contributed by atoms with Crippen molar-refractivity contribution < 1.29 is 33.5 Å². The lowest BCUT2D eigenvalue weighted by Gasteiger charge is -2.24. The predicted octanol–water partition coefficient (Wildman–Crippen LogP) is 2.71. The Labute approximate surface area is 248 Å². The fourth-order valence-corrected chi connectivity index (χ4v) is 4.54. The number of benzene rings is 3. The molecular weight excluding hydrogens is 554 g/mol. The summed E-state index contributed by atoms with van der Waals surface area (Å²) in [6.07, 6.45) is 1.87. The van der Waals surface area contributed by atoms with Gasteiger partial charge in [0.2, 0.25) is 0 Å². The Morgan fingerprint density at radius 1 is 0.907 bits per heavy atom. The van der Waals surface area contributed by atoms with E-state index < -0.39 is 0 Å². The van der Waals surface area contributed by atoms with Crippen LogP contribution in [0.1, 0.15) is 49.5 Å². The van der Waals surface area contributed by atoms with Gasteiger partial charge in [0.25, 0.3) is 23.6 Å². The first kappa shape index (κ1) is 29.7. The minimum Gasteiger partial charge on any atom is -0.482 e. The number of nitrogens with two attached hydrogens (primary N) is 1. The van der Waals surface area contributed by atoms with Gasteiger partial charge in [0.1, 0.15) is 5.75 Å². The molecule has 12 nitrogen and oxygen atoms in total. The number of carbonyl (C=O) groups excluding carboxylic acids is 4. The van der Waals surface area contributed by atoms with Crippen molar-refractivity contribution in [3.63, 3.8) is 0 Å². The molecular formula is C31H33N5O7. The van der Waals surface area contributed by atoms with Gasteiger partial charge in [0.05, 0.1) is 25.5 Å². The molecule has 3 aromatic carbocycles. The van der Waals surface area contributed by atoms with Crippen LogP contribution in [0.15, 0.2) is 66.7 Å². The molecule has 5 N–H and O–H groups in total. The van der Waals surface area contributed by atoms with Crippen molar-refractivity contribution in [3.8, 4) is 5.75 Å². The lowest BCUT2D eigenvalue weighted by molar-refractivity contribution is -0.118. The van der Waals surface area contributed by atoms with E-state index in [2.05, 4.69) is 20.8 Å². The normalized spacial score (nSPS) is 13.7. The van der Waals surface area contributed by atoms with Crippen LogP contribution in [-0.4, -0.2) is 67.5 Å². The summed E-state index contributed by atoms with van der Waals surface area (Å²) in [6, 6.07) is 18.9. The van der Waals surface area contributed by atoms with Crippen molar-refractivity contribution in [1.82, 2.24) is 10.2 Å². The summed E-state index contributed by atoms with van der Waals surface area (Å²) in [7, 11) is 0. The van der Waals surface area contributed by atoms with E-state index >= 15 is 0 Å². The number of anilines is 2. The monoisotopic (exact) mass is 587 g/mol. The zero-order chi connectivity index (χ0) is 30.2. The van der Waals surface area contributed by atoms with Crippen LogP contribution in [0.3, 0.4) is 0 Å². The van der Waals surface area contributed by atoms with Crippen molar-refractivity contribution in [2.75, 3.05) is 43.6 Å². The van der Waals surface area contributed by atoms with Gasteiger partial charge in [-0.05, 0) is 73.0 Å². The number of nitrogens with one attached hydrogen (secondary N) is 3. The van der Waals surface area contributed by atoms with Crippen molar-refractivity contribution in [2.24, 2.45) is 5.90 Å². The fraction of sp³-hybridized carbons (Fsp3) is 0.290. The number of rotatable bonds is 13. The van der Waals surface area contributed by atoms with Gasteiger partial charge in [-0.2, -0.15) is 0 Å². The van der Waals surface area contributed by atoms with Gasteiger partial charge in [-0.1, -0.05) is 12.1 Å². The third kappa shape index (κ3) is 7.95. The summed E-state index contributed by atoms with van der Waals surface area (Å²) in [5.41, 5.74) is 3.40. The molecule has 224 valence electrons. The van der Waals surface area contributed by atoms with Crippen LogP contribution in [0.25, 0.3) is 0 Å². The average Bonchev–Trinajstić information content (AvgIpc) is 3.87. The Hall–Kier alpha value is -4.78. The lowest BCUT2D eigenvalue weighted by atomic mass is 10.1. The smallest absolute Gasteiger partial charge is 0.262 e. The minimum absolute atomic E-state index is 0.0802. The first-order chi connectivity index (χ1) is 20.9. The molecule has 0 saturated heterocycles. The third-order valence-electron chi connectivity index (χ3n) is 6.96. The van der Waals surface area contributed by atoms with Gasteiger partial charge in [0, 0.05) is 41.5 Å². The Bertz CT molecular complexity index is 1470. The van der Waals surface area contributed by atoms with Gasteiger partial charge >= 0.3 is 0 Å². The van der Waals surface area contributed by atoms with E-state index in [9.17, 15) is 19.2 Å². The van der Waals surface area contributed by atoms with Gasteiger partial charge < -0.3 is 35.2 Å². The molecule has 1 aliphatic heterocycles. The molecule has 1 heterocycles. The van der Waals surface area contributed by atoms with Crippen LogP contribution in [0.2, 0.25) is 0 Å². The van der Waals surface area contributed by atoms with Crippen molar-refractivity contribution in [3.05, 3.63) is 89.0 Å². The number of hydrogen-bond donors (Lipinski definition) is 4. The maximum atomic E-state index is 13.4. The Kier molecular flexibility index (Phi) is 9.62. The average molecular weight is 588 g/mol. The van der Waals surface area contributed by atoms with Crippen LogP contribution in [0.4, 0.5) is 11.4 Å². The first-order valence-corrected chi connectivity index (χ1v) is 14.0. The summed E-state index contributed by atoms with van der Waals surface area (Å²) < 4.78 is 10.7. The van der Waals surface area contributed by atoms with Crippen LogP contribution in [-0.2, 0) is 20.9 Å². The molecule has 5 rings (SSSR count). The number of fused-ring (bicyclic) bond motifs is 1. The largest absolute Gasteiger partial charge is 0.482 e. The van der Waals surface area contributed by atoms with Gasteiger partial charge in [0.15, 0.2) is 6.61 Å². The second kappa shape index (κ2) is 13.9. The predicted molar refractivity (Wildman–Crippen MR) is 158 cm³/mol. The highest BCUT2D eigenvalue weighted by Gasteiger charge is 2.33. The second-order valence-electron chi connectivity index (χ2n) is 10.2. The summed E-state index contributed by atoms with van der Waals surface area (Å²) in [4.78, 5) is 56.3. The highest BCUT2D eigenvalue weighted by atomic mass is 16.6. The molecule has 2 aliphatic rings. The zero-order valence-corrected chi connectivity index (χ0v) is 23.5. The highest BCUT2D eigenvalue weighted by molar-refractivity contribution is 6.04. The SMILES string of the molecule is NOCCOCCNC(=O)c1ccc(NC(=O)c2ccc(CN(C(=O)c3ccc4c(c3)OCC(=O)N4)C3CC3)cc2)cc1. The van der Waals surface area contributed by atoms with Gasteiger partial charge in [-0.15, -0.1) is 0 Å². The maximum absolute atomic E-state index is 13.4. The maximum Gasteiger partial charge on any atom is 0.262 e. The second-order valence-corrected chi connectivity index (χ2v) is 10.2. The highest BCUT2D eigenvalue weighted by Crippen LogP contribution is 2.33. The molecule has 0 spiro atoms. The standard InChI is InChI=1S/C31H33N5O7/c32-43-16-15-41-14-13-33-29(38)21-5-8-24(9-6-21)34-30(39)22-3-1-20(2-4-22)18-36(25-10-11-25)31(40)23-7-12-26-27(17-23)42-19-28(37)35-26/h1-9,12,17,25H,10-11,13-16,18-19,32H2,(H,33,38)(H,34,39)(H,35,37). The van der Waals surface area contributed by atoms with E-state index in [0.717, 1.165) is 18.4 Å². The number of carbonyl (C=O) groups is 4. The first-order valence-electron chi connectivity index (χ1n) is 14.0. The molecule has 1 aliphatic carbocycles. The van der Waals surface area contributed by atoms with Gasteiger partial charge in [-0.3, -0.25) is 19.2 Å². The van der Waals surface area contributed by atoms with E-state index in [-0.39, 0.29) is 42.9 Å². The number of ether oxygens (including phenoxy) is 2. The molecule has 3 aromatic rings. The molecule has 0 atom stereocenters.